The van der Waals surface area contributed by atoms with Gasteiger partial charge in [-0.1, -0.05) is 6.07 Å². The van der Waals surface area contributed by atoms with Crippen molar-refractivity contribution in [3.63, 3.8) is 0 Å². The molecule has 0 aliphatic rings. The zero-order chi connectivity index (χ0) is 18.0. The highest BCUT2D eigenvalue weighted by atomic mass is 16.5. The zero-order valence-corrected chi connectivity index (χ0v) is 15.1. The van der Waals surface area contributed by atoms with E-state index in [1.54, 1.807) is 13.2 Å². The summed E-state index contributed by atoms with van der Waals surface area (Å²) in [6.45, 7) is 6.37. The molecule has 0 aliphatic carbocycles. The number of nitrogens with zero attached hydrogens (tertiary/aromatic N) is 3. The zero-order valence-electron chi connectivity index (χ0n) is 15.1. The van der Waals surface area contributed by atoms with Crippen LogP contribution in [-0.2, 0) is 18.4 Å². The lowest BCUT2D eigenvalue weighted by atomic mass is 9.99. The number of aryl methyl sites for hydroxylation is 3. The minimum absolute atomic E-state index is 0.522. The second-order valence-corrected chi connectivity index (χ2v) is 6.15. The van der Waals surface area contributed by atoms with Crippen LogP contribution in [0.3, 0.4) is 0 Å². The van der Waals surface area contributed by atoms with Crippen molar-refractivity contribution in [1.29, 1.82) is 0 Å². The van der Waals surface area contributed by atoms with Gasteiger partial charge in [0, 0.05) is 24.8 Å². The minimum Gasteiger partial charge on any atom is -0.497 e. The van der Waals surface area contributed by atoms with E-state index in [0.29, 0.717) is 6.54 Å². The molecule has 0 spiro atoms. The molecule has 1 atom stereocenters. The Hall–Kier alpha value is -2.34. The van der Waals surface area contributed by atoms with Crippen LogP contribution < -0.4 is 4.74 Å². The van der Waals surface area contributed by atoms with Crippen molar-refractivity contribution in [2.45, 2.75) is 33.4 Å². The maximum absolute atomic E-state index is 11.9. The predicted octanol–water partition coefficient (Wildman–Crippen LogP) is 2.61. The Bertz CT molecular complexity index is 752. The molecule has 0 bridgehead atoms. The van der Waals surface area contributed by atoms with Gasteiger partial charge in [0.15, 0.2) is 0 Å². The number of benzene rings is 1. The first-order valence-corrected chi connectivity index (χ1v) is 7.83. The fourth-order valence-electron chi connectivity index (χ4n) is 3.03. The number of aliphatic carboxylic acids is 1. The van der Waals surface area contributed by atoms with Gasteiger partial charge in [0.25, 0.3) is 0 Å². The van der Waals surface area contributed by atoms with Crippen LogP contribution in [0.2, 0.25) is 0 Å². The Kier molecular flexibility index (Phi) is 5.29. The Labute approximate surface area is 142 Å². The molecule has 2 aromatic rings. The molecule has 0 amide bonds. The Morgan fingerprint density at radius 2 is 2.04 bits per heavy atom. The normalized spacial score (nSPS) is 12.5. The fourth-order valence-corrected chi connectivity index (χ4v) is 3.03. The third-order valence-corrected chi connectivity index (χ3v) is 4.51. The van der Waals surface area contributed by atoms with Gasteiger partial charge < -0.3 is 9.84 Å². The van der Waals surface area contributed by atoms with Crippen LogP contribution in [0.5, 0.6) is 5.75 Å². The number of hydrogen-bond acceptors (Lipinski definition) is 4. The number of hydrogen-bond donors (Lipinski definition) is 1. The molecular weight excluding hydrogens is 306 g/mol. The summed E-state index contributed by atoms with van der Waals surface area (Å²) in [6, 6.07) is 4.76. The molecule has 1 aromatic carbocycles. The summed E-state index contributed by atoms with van der Waals surface area (Å²) in [5, 5.41) is 14.2. The SMILES string of the molecule is COc1ccc(C(C(=O)O)N(C)Cc2c(C)nn(C)c2C)c(C)c1. The average molecular weight is 331 g/mol. The van der Waals surface area contributed by atoms with Gasteiger partial charge >= 0.3 is 5.97 Å². The lowest BCUT2D eigenvalue weighted by Gasteiger charge is -2.26. The van der Waals surface area contributed by atoms with Crippen LogP contribution in [0.1, 0.15) is 34.1 Å². The monoisotopic (exact) mass is 331 g/mol. The van der Waals surface area contributed by atoms with Crippen molar-refractivity contribution in [2.75, 3.05) is 14.2 Å². The smallest absolute Gasteiger partial charge is 0.325 e. The summed E-state index contributed by atoms with van der Waals surface area (Å²) in [6.07, 6.45) is 0. The number of carbonyl (C=O) groups is 1. The van der Waals surface area contributed by atoms with E-state index in [1.165, 1.54) is 0 Å². The van der Waals surface area contributed by atoms with Crippen molar-refractivity contribution in [1.82, 2.24) is 14.7 Å². The summed E-state index contributed by atoms with van der Waals surface area (Å²) >= 11 is 0. The van der Waals surface area contributed by atoms with Crippen LogP contribution in [0, 0.1) is 20.8 Å². The molecule has 6 heteroatoms. The summed E-state index contributed by atoms with van der Waals surface area (Å²) < 4.78 is 7.03. The van der Waals surface area contributed by atoms with E-state index in [4.69, 9.17) is 4.74 Å². The molecule has 0 saturated carbocycles. The first kappa shape index (κ1) is 18.0. The van der Waals surface area contributed by atoms with E-state index in [1.807, 2.05) is 56.6 Å². The van der Waals surface area contributed by atoms with Gasteiger partial charge in [-0.3, -0.25) is 14.4 Å². The van der Waals surface area contributed by atoms with Gasteiger partial charge in [-0.05, 0) is 51.1 Å². The highest BCUT2D eigenvalue weighted by Crippen LogP contribution is 2.28. The Morgan fingerprint density at radius 1 is 1.38 bits per heavy atom. The van der Waals surface area contributed by atoms with E-state index < -0.39 is 12.0 Å². The van der Waals surface area contributed by atoms with E-state index in [2.05, 4.69) is 5.10 Å². The van der Waals surface area contributed by atoms with Crippen molar-refractivity contribution in [3.8, 4) is 5.75 Å². The Balaban J connectivity index is 2.35. The van der Waals surface area contributed by atoms with Gasteiger partial charge in [0.1, 0.15) is 11.8 Å². The van der Waals surface area contributed by atoms with E-state index in [-0.39, 0.29) is 0 Å². The van der Waals surface area contributed by atoms with Gasteiger partial charge in [0.05, 0.1) is 12.8 Å². The standard InChI is InChI=1S/C18H25N3O3/c1-11-9-14(24-6)7-8-15(11)17(18(22)23)20(4)10-16-12(2)19-21(5)13(16)3/h7-9,17H,10H2,1-6H3,(H,22,23). The van der Waals surface area contributed by atoms with E-state index >= 15 is 0 Å². The maximum atomic E-state index is 11.9. The number of ether oxygens (including phenoxy) is 1. The summed E-state index contributed by atoms with van der Waals surface area (Å²) in [4.78, 5) is 13.8. The third kappa shape index (κ3) is 3.43. The number of rotatable bonds is 6. The van der Waals surface area contributed by atoms with E-state index in [0.717, 1.165) is 33.8 Å². The van der Waals surface area contributed by atoms with Gasteiger partial charge in [0.2, 0.25) is 0 Å². The van der Waals surface area contributed by atoms with Gasteiger partial charge in [-0.15, -0.1) is 0 Å². The van der Waals surface area contributed by atoms with Crippen molar-refractivity contribution < 1.29 is 14.6 Å². The molecule has 6 nitrogen and oxygen atoms in total. The Morgan fingerprint density at radius 3 is 2.50 bits per heavy atom. The predicted molar refractivity (Wildman–Crippen MR) is 92.3 cm³/mol. The molecule has 0 fully saturated rings. The first-order valence-electron chi connectivity index (χ1n) is 7.83. The molecule has 0 saturated heterocycles. The number of methoxy groups -OCH3 is 1. The van der Waals surface area contributed by atoms with E-state index in [9.17, 15) is 9.90 Å². The second kappa shape index (κ2) is 7.05. The molecule has 1 N–H and O–H groups in total. The fraction of sp³-hybridized carbons (Fsp3) is 0.444. The number of aromatic nitrogens is 2. The molecule has 1 unspecified atom stereocenters. The van der Waals surface area contributed by atoms with Crippen molar-refractivity contribution >= 4 is 5.97 Å². The molecular formula is C18H25N3O3. The van der Waals surface area contributed by atoms with Crippen LogP contribution in [-0.4, -0.2) is 39.9 Å². The number of carboxylic acid groups (broad SMARTS) is 1. The summed E-state index contributed by atoms with van der Waals surface area (Å²) in [7, 11) is 5.33. The second-order valence-electron chi connectivity index (χ2n) is 6.15. The topological polar surface area (TPSA) is 67.6 Å². The quantitative estimate of drug-likeness (QED) is 0.881. The molecule has 130 valence electrons. The molecule has 2 rings (SSSR count). The van der Waals surface area contributed by atoms with Gasteiger partial charge in [-0.2, -0.15) is 5.10 Å². The maximum Gasteiger partial charge on any atom is 0.325 e. The molecule has 0 aliphatic heterocycles. The first-order chi connectivity index (χ1) is 11.3. The van der Waals surface area contributed by atoms with Crippen LogP contribution in [0.25, 0.3) is 0 Å². The van der Waals surface area contributed by atoms with Crippen LogP contribution >= 0.6 is 0 Å². The summed E-state index contributed by atoms with van der Waals surface area (Å²) in [5.41, 5.74) is 4.71. The molecule has 24 heavy (non-hydrogen) atoms. The van der Waals surface area contributed by atoms with Crippen molar-refractivity contribution in [2.24, 2.45) is 7.05 Å². The van der Waals surface area contributed by atoms with Crippen LogP contribution in [0.15, 0.2) is 18.2 Å². The largest absolute Gasteiger partial charge is 0.497 e. The number of carboxylic acids is 1. The lowest BCUT2D eigenvalue weighted by molar-refractivity contribution is -0.143. The van der Waals surface area contributed by atoms with Crippen molar-refractivity contribution in [3.05, 3.63) is 46.3 Å². The highest BCUT2D eigenvalue weighted by molar-refractivity contribution is 5.76. The van der Waals surface area contributed by atoms with Gasteiger partial charge in [-0.25, -0.2) is 0 Å². The molecule has 0 radical (unpaired) electrons. The minimum atomic E-state index is -0.870. The third-order valence-electron chi connectivity index (χ3n) is 4.51. The highest BCUT2D eigenvalue weighted by Gasteiger charge is 2.27. The van der Waals surface area contributed by atoms with Crippen LogP contribution in [0.4, 0.5) is 0 Å². The average Bonchev–Trinajstić information content (AvgIpc) is 2.75. The summed E-state index contributed by atoms with van der Waals surface area (Å²) in [5.74, 6) is -0.146. The lowest BCUT2D eigenvalue weighted by Crippen LogP contribution is -2.31. The molecule has 1 aromatic heterocycles. The number of likely N-dealkylation sites (N-methyl/N-ethyl adjacent to an activating group) is 1. The molecule has 1 heterocycles.